The van der Waals surface area contributed by atoms with Crippen LogP contribution < -0.4 is 11.1 Å². The highest BCUT2D eigenvalue weighted by atomic mass is 35.5. The molecule has 0 saturated heterocycles. The number of anilines is 2. The monoisotopic (exact) mass is 265 g/mol. The lowest BCUT2D eigenvalue weighted by Crippen LogP contribution is -2.05. The minimum absolute atomic E-state index is 0.111. The molecule has 0 aliphatic carbocycles. The van der Waals surface area contributed by atoms with Crippen LogP contribution in [-0.2, 0) is 6.54 Å². The molecule has 0 amide bonds. The first kappa shape index (κ1) is 12.6. The lowest BCUT2D eigenvalue weighted by molar-refractivity contribution is 0.627. The highest BCUT2D eigenvalue weighted by Crippen LogP contribution is 2.21. The Morgan fingerprint density at radius 3 is 2.89 bits per heavy atom. The van der Waals surface area contributed by atoms with Crippen molar-refractivity contribution in [2.75, 3.05) is 11.1 Å². The Labute approximate surface area is 110 Å². The van der Waals surface area contributed by atoms with E-state index in [0.29, 0.717) is 18.1 Å². The van der Waals surface area contributed by atoms with E-state index in [0.717, 1.165) is 11.1 Å². The van der Waals surface area contributed by atoms with Crippen molar-refractivity contribution in [1.82, 2.24) is 4.98 Å². The van der Waals surface area contributed by atoms with Gasteiger partial charge in [0.05, 0.1) is 10.7 Å². The second kappa shape index (κ2) is 5.23. The van der Waals surface area contributed by atoms with E-state index in [2.05, 4.69) is 10.3 Å². The molecule has 0 unspecified atom stereocenters. The minimum atomic E-state index is -0.423. The topological polar surface area (TPSA) is 50.9 Å². The number of hydrogen-bond acceptors (Lipinski definition) is 3. The second-order valence-corrected chi connectivity index (χ2v) is 4.40. The van der Waals surface area contributed by atoms with Gasteiger partial charge < -0.3 is 11.1 Å². The molecule has 3 nitrogen and oxygen atoms in total. The first-order valence-corrected chi connectivity index (χ1v) is 5.84. The molecule has 1 aromatic heterocycles. The SMILES string of the molecule is Cc1ccnc(NCc2ccc(F)c(Cl)c2)c1N. The van der Waals surface area contributed by atoms with Crippen molar-refractivity contribution >= 4 is 23.1 Å². The van der Waals surface area contributed by atoms with Crippen LogP contribution in [0.25, 0.3) is 0 Å². The molecular weight excluding hydrogens is 253 g/mol. The molecule has 0 aliphatic rings. The standard InChI is InChI=1S/C13H13ClFN3/c1-8-4-5-17-13(12(8)16)18-7-9-2-3-11(15)10(14)6-9/h2-6H,7,16H2,1H3,(H,17,18). The summed E-state index contributed by atoms with van der Waals surface area (Å²) in [5, 5.41) is 3.21. The Bertz CT molecular complexity index is 572. The average Bonchev–Trinajstić information content (AvgIpc) is 2.35. The number of pyridine rings is 1. The van der Waals surface area contributed by atoms with Gasteiger partial charge in [-0.2, -0.15) is 0 Å². The molecule has 0 spiro atoms. The molecule has 0 aliphatic heterocycles. The summed E-state index contributed by atoms with van der Waals surface area (Å²) in [5.41, 5.74) is 8.33. The lowest BCUT2D eigenvalue weighted by atomic mass is 10.2. The largest absolute Gasteiger partial charge is 0.396 e. The summed E-state index contributed by atoms with van der Waals surface area (Å²) >= 11 is 5.71. The van der Waals surface area contributed by atoms with Gasteiger partial charge in [-0.05, 0) is 36.2 Å². The predicted molar refractivity (Wildman–Crippen MR) is 72.1 cm³/mol. The molecule has 0 saturated carbocycles. The van der Waals surface area contributed by atoms with Crippen molar-refractivity contribution in [1.29, 1.82) is 0 Å². The van der Waals surface area contributed by atoms with E-state index < -0.39 is 5.82 Å². The van der Waals surface area contributed by atoms with Crippen molar-refractivity contribution in [2.45, 2.75) is 13.5 Å². The van der Waals surface area contributed by atoms with Crippen LogP contribution in [0.4, 0.5) is 15.9 Å². The van der Waals surface area contributed by atoms with Crippen LogP contribution in [0.15, 0.2) is 30.5 Å². The van der Waals surface area contributed by atoms with Crippen molar-refractivity contribution in [3.8, 4) is 0 Å². The van der Waals surface area contributed by atoms with Crippen LogP contribution in [0.5, 0.6) is 0 Å². The highest BCUT2D eigenvalue weighted by Gasteiger charge is 2.04. The number of nitrogens with zero attached hydrogens (tertiary/aromatic N) is 1. The number of benzene rings is 1. The summed E-state index contributed by atoms with van der Waals surface area (Å²) in [6.45, 7) is 2.40. The molecule has 0 fully saturated rings. The Morgan fingerprint density at radius 1 is 1.39 bits per heavy atom. The van der Waals surface area contributed by atoms with Crippen LogP contribution in [-0.4, -0.2) is 4.98 Å². The van der Waals surface area contributed by atoms with E-state index in [4.69, 9.17) is 17.3 Å². The van der Waals surface area contributed by atoms with Gasteiger partial charge in [-0.25, -0.2) is 9.37 Å². The molecule has 2 aromatic rings. The van der Waals surface area contributed by atoms with Crippen molar-refractivity contribution in [3.63, 3.8) is 0 Å². The molecule has 5 heteroatoms. The first-order chi connectivity index (χ1) is 8.58. The van der Waals surface area contributed by atoms with E-state index >= 15 is 0 Å². The number of aromatic nitrogens is 1. The molecular formula is C13H13ClFN3. The molecule has 2 rings (SSSR count). The maximum absolute atomic E-state index is 13.0. The fourth-order valence-electron chi connectivity index (χ4n) is 1.55. The fraction of sp³-hybridized carbons (Fsp3) is 0.154. The molecule has 1 heterocycles. The lowest BCUT2D eigenvalue weighted by Gasteiger charge is -2.10. The first-order valence-electron chi connectivity index (χ1n) is 5.47. The number of nitrogens with two attached hydrogens (primary N) is 1. The molecule has 3 N–H and O–H groups in total. The summed E-state index contributed by atoms with van der Waals surface area (Å²) in [5.74, 6) is 0.198. The van der Waals surface area contributed by atoms with Gasteiger partial charge in [0.2, 0.25) is 0 Å². The zero-order chi connectivity index (χ0) is 13.1. The van der Waals surface area contributed by atoms with Crippen molar-refractivity contribution in [2.24, 2.45) is 0 Å². The third-order valence-electron chi connectivity index (χ3n) is 2.65. The Hall–Kier alpha value is -1.81. The van der Waals surface area contributed by atoms with Crippen LogP contribution in [0, 0.1) is 12.7 Å². The summed E-state index contributed by atoms with van der Waals surface area (Å²) < 4.78 is 13.0. The van der Waals surface area contributed by atoms with Crippen LogP contribution in [0.2, 0.25) is 5.02 Å². The van der Waals surface area contributed by atoms with Crippen LogP contribution >= 0.6 is 11.6 Å². The van der Waals surface area contributed by atoms with Crippen molar-refractivity contribution < 1.29 is 4.39 Å². The molecule has 18 heavy (non-hydrogen) atoms. The summed E-state index contributed by atoms with van der Waals surface area (Å²) in [6, 6.07) is 6.43. The third-order valence-corrected chi connectivity index (χ3v) is 2.94. The second-order valence-electron chi connectivity index (χ2n) is 3.99. The predicted octanol–water partition coefficient (Wildman–Crippen LogP) is 3.38. The number of nitrogens with one attached hydrogen (secondary N) is 1. The van der Waals surface area contributed by atoms with Gasteiger partial charge in [-0.1, -0.05) is 17.7 Å². The van der Waals surface area contributed by atoms with Gasteiger partial charge in [0.1, 0.15) is 11.6 Å². The van der Waals surface area contributed by atoms with Gasteiger partial charge in [0.25, 0.3) is 0 Å². The average molecular weight is 266 g/mol. The normalized spacial score (nSPS) is 10.4. The van der Waals surface area contributed by atoms with Gasteiger partial charge in [0, 0.05) is 12.7 Å². The van der Waals surface area contributed by atoms with Crippen molar-refractivity contribution in [3.05, 3.63) is 52.4 Å². The maximum atomic E-state index is 13.0. The van der Waals surface area contributed by atoms with Crippen LogP contribution in [0.3, 0.4) is 0 Å². The molecule has 0 bridgehead atoms. The zero-order valence-electron chi connectivity index (χ0n) is 9.87. The quantitative estimate of drug-likeness (QED) is 0.895. The number of halogens is 2. The van der Waals surface area contributed by atoms with Gasteiger partial charge >= 0.3 is 0 Å². The number of rotatable bonds is 3. The van der Waals surface area contributed by atoms with E-state index in [1.807, 2.05) is 13.0 Å². The van der Waals surface area contributed by atoms with E-state index in [1.54, 1.807) is 18.3 Å². The highest BCUT2D eigenvalue weighted by molar-refractivity contribution is 6.30. The minimum Gasteiger partial charge on any atom is -0.396 e. The van der Waals surface area contributed by atoms with E-state index in [9.17, 15) is 4.39 Å². The number of aryl methyl sites for hydroxylation is 1. The summed E-state index contributed by atoms with van der Waals surface area (Å²) in [6.07, 6.45) is 1.69. The van der Waals surface area contributed by atoms with Gasteiger partial charge in [-0.3, -0.25) is 0 Å². The van der Waals surface area contributed by atoms with Crippen LogP contribution in [0.1, 0.15) is 11.1 Å². The van der Waals surface area contributed by atoms with Gasteiger partial charge in [0.15, 0.2) is 0 Å². The summed E-state index contributed by atoms with van der Waals surface area (Å²) in [4.78, 5) is 4.15. The van der Waals surface area contributed by atoms with Gasteiger partial charge in [-0.15, -0.1) is 0 Å². The zero-order valence-corrected chi connectivity index (χ0v) is 10.6. The number of nitrogen functional groups attached to an aromatic ring is 1. The smallest absolute Gasteiger partial charge is 0.149 e. The molecule has 94 valence electrons. The number of hydrogen-bond donors (Lipinski definition) is 2. The Morgan fingerprint density at radius 2 is 2.17 bits per heavy atom. The Kier molecular flexibility index (Phi) is 3.67. The van der Waals surface area contributed by atoms with E-state index in [1.165, 1.54) is 6.07 Å². The third kappa shape index (κ3) is 2.71. The molecule has 0 atom stereocenters. The fourth-order valence-corrected chi connectivity index (χ4v) is 1.75. The molecule has 0 radical (unpaired) electrons. The maximum Gasteiger partial charge on any atom is 0.149 e. The molecule has 1 aromatic carbocycles. The summed E-state index contributed by atoms with van der Waals surface area (Å²) in [7, 11) is 0. The Balaban J connectivity index is 2.11. The van der Waals surface area contributed by atoms with E-state index in [-0.39, 0.29) is 5.02 Å².